The van der Waals surface area contributed by atoms with Crippen molar-refractivity contribution in [1.82, 2.24) is 4.98 Å². The van der Waals surface area contributed by atoms with E-state index in [4.69, 9.17) is 0 Å². The third kappa shape index (κ3) is 4.92. The molecule has 6 heteroatoms. The number of nitrogens with one attached hydrogen (secondary N) is 1. The highest BCUT2D eigenvalue weighted by atomic mass is 32.1. The summed E-state index contributed by atoms with van der Waals surface area (Å²) in [5.74, 6) is -0.230. The lowest BCUT2D eigenvalue weighted by Gasteiger charge is -2.15. The molecule has 0 saturated carbocycles. The standard InChI is InChI=1S/C21H23N3O2S/c1-3-14-24(21-23-18-6-4-5-7-19(18)27-21)20(26)13-10-16-8-11-17(12-9-16)22-15(2)25/h3,8-13H,1,4-7,14H2,2H3,(H,22,25). The highest BCUT2D eigenvalue weighted by molar-refractivity contribution is 7.16. The Morgan fingerprint density at radius 2 is 2.00 bits per heavy atom. The fourth-order valence-corrected chi connectivity index (χ4v) is 4.15. The molecule has 1 aliphatic rings. The molecule has 0 saturated heterocycles. The summed E-state index contributed by atoms with van der Waals surface area (Å²) in [6.45, 7) is 5.66. The van der Waals surface area contributed by atoms with Crippen LogP contribution in [0.15, 0.2) is 43.0 Å². The number of amides is 2. The molecule has 27 heavy (non-hydrogen) atoms. The Bertz CT molecular complexity index is 845. The minimum atomic E-state index is -0.119. The number of nitrogens with zero attached hydrogens (tertiary/aromatic N) is 2. The van der Waals surface area contributed by atoms with Gasteiger partial charge in [-0.15, -0.1) is 17.9 Å². The first-order chi connectivity index (χ1) is 13.1. The second kappa shape index (κ2) is 8.77. The van der Waals surface area contributed by atoms with E-state index in [-0.39, 0.29) is 11.8 Å². The van der Waals surface area contributed by atoms with Crippen LogP contribution in [0, 0.1) is 0 Å². The van der Waals surface area contributed by atoms with Crippen LogP contribution in [0.2, 0.25) is 0 Å². The molecule has 3 rings (SSSR count). The molecule has 0 unspecified atom stereocenters. The third-order valence-corrected chi connectivity index (χ3v) is 5.47. The molecule has 140 valence electrons. The molecule has 1 N–H and O–H groups in total. The Hall–Kier alpha value is -2.73. The van der Waals surface area contributed by atoms with Crippen molar-refractivity contribution in [2.24, 2.45) is 0 Å². The molecule has 5 nitrogen and oxygen atoms in total. The zero-order chi connectivity index (χ0) is 19.2. The lowest BCUT2D eigenvalue weighted by Crippen LogP contribution is -2.29. The highest BCUT2D eigenvalue weighted by Crippen LogP contribution is 2.32. The van der Waals surface area contributed by atoms with Gasteiger partial charge >= 0.3 is 0 Å². The molecule has 2 aromatic rings. The van der Waals surface area contributed by atoms with Gasteiger partial charge < -0.3 is 5.32 Å². The maximum absolute atomic E-state index is 12.7. The Labute approximate surface area is 163 Å². The Morgan fingerprint density at radius 3 is 2.67 bits per heavy atom. The number of benzene rings is 1. The van der Waals surface area contributed by atoms with Crippen molar-refractivity contribution >= 4 is 40.0 Å². The van der Waals surface area contributed by atoms with Crippen molar-refractivity contribution in [2.75, 3.05) is 16.8 Å². The van der Waals surface area contributed by atoms with Crippen molar-refractivity contribution in [3.05, 3.63) is 59.1 Å². The first kappa shape index (κ1) is 19.0. The van der Waals surface area contributed by atoms with E-state index in [1.165, 1.54) is 24.6 Å². The van der Waals surface area contributed by atoms with Gasteiger partial charge in [0.2, 0.25) is 5.91 Å². The van der Waals surface area contributed by atoms with E-state index < -0.39 is 0 Å². The van der Waals surface area contributed by atoms with Crippen molar-refractivity contribution < 1.29 is 9.59 Å². The molecule has 0 bridgehead atoms. The summed E-state index contributed by atoms with van der Waals surface area (Å²) < 4.78 is 0. The predicted molar refractivity (Wildman–Crippen MR) is 111 cm³/mol. The number of aryl methyl sites for hydroxylation is 2. The molecule has 0 radical (unpaired) electrons. The van der Waals surface area contributed by atoms with Crippen molar-refractivity contribution in [1.29, 1.82) is 0 Å². The summed E-state index contributed by atoms with van der Waals surface area (Å²) in [5, 5.41) is 3.47. The fraction of sp³-hybridized carbons (Fsp3) is 0.286. The lowest BCUT2D eigenvalue weighted by molar-refractivity contribution is -0.114. The van der Waals surface area contributed by atoms with Crippen LogP contribution < -0.4 is 10.2 Å². The van der Waals surface area contributed by atoms with Crippen LogP contribution in [-0.2, 0) is 22.4 Å². The third-order valence-electron chi connectivity index (χ3n) is 4.29. The maximum Gasteiger partial charge on any atom is 0.253 e. The molecular formula is C21H23N3O2S. The van der Waals surface area contributed by atoms with Crippen molar-refractivity contribution in [3.8, 4) is 0 Å². The van der Waals surface area contributed by atoms with Gasteiger partial charge in [0.25, 0.3) is 5.91 Å². The number of carbonyl (C=O) groups excluding carboxylic acids is 2. The Morgan fingerprint density at radius 1 is 1.26 bits per heavy atom. The average molecular weight is 382 g/mol. The van der Waals surface area contributed by atoms with Crippen molar-refractivity contribution in [2.45, 2.75) is 32.6 Å². The molecule has 1 aliphatic carbocycles. The molecule has 0 spiro atoms. The molecule has 0 fully saturated rings. The van der Waals surface area contributed by atoms with E-state index in [0.717, 1.165) is 34.9 Å². The Kier molecular flexibility index (Phi) is 6.19. The molecule has 1 heterocycles. The SMILES string of the molecule is C=CCN(C(=O)C=Cc1ccc(NC(C)=O)cc1)c1nc2c(s1)CCCC2. The minimum absolute atomic E-state index is 0.111. The number of hydrogen-bond acceptors (Lipinski definition) is 4. The van der Waals surface area contributed by atoms with Gasteiger partial charge in [-0.1, -0.05) is 18.2 Å². The van der Waals surface area contributed by atoms with Gasteiger partial charge in [0.1, 0.15) is 0 Å². The van der Waals surface area contributed by atoms with Gasteiger partial charge in [-0.05, 0) is 49.5 Å². The largest absolute Gasteiger partial charge is 0.326 e. The summed E-state index contributed by atoms with van der Waals surface area (Å²) in [7, 11) is 0. The highest BCUT2D eigenvalue weighted by Gasteiger charge is 2.21. The number of hydrogen-bond donors (Lipinski definition) is 1. The van der Waals surface area contributed by atoms with Crippen LogP contribution in [0.1, 0.15) is 35.9 Å². The predicted octanol–water partition coefficient (Wildman–Crippen LogP) is 4.21. The van der Waals surface area contributed by atoms with E-state index in [0.29, 0.717) is 6.54 Å². The van der Waals surface area contributed by atoms with Gasteiger partial charge in [-0.25, -0.2) is 4.98 Å². The molecule has 0 aliphatic heterocycles. The summed E-state index contributed by atoms with van der Waals surface area (Å²) >= 11 is 1.61. The quantitative estimate of drug-likeness (QED) is 0.602. The van der Waals surface area contributed by atoms with Crippen LogP contribution >= 0.6 is 11.3 Å². The minimum Gasteiger partial charge on any atom is -0.326 e. The zero-order valence-electron chi connectivity index (χ0n) is 15.4. The smallest absolute Gasteiger partial charge is 0.253 e. The summed E-state index contributed by atoms with van der Waals surface area (Å²) in [4.78, 5) is 31.5. The lowest BCUT2D eigenvalue weighted by atomic mass is 10.0. The van der Waals surface area contributed by atoms with Crippen LogP contribution in [0.3, 0.4) is 0 Å². The van der Waals surface area contributed by atoms with Crippen molar-refractivity contribution in [3.63, 3.8) is 0 Å². The monoisotopic (exact) mass is 381 g/mol. The molecule has 1 aromatic heterocycles. The van der Waals surface area contributed by atoms with E-state index in [1.54, 1.807) is 34.5 Å². The number of thiazole rings is 1. The van der Waals surface area contributed by atoms with E-state index in [2.05, 4.69) is 16.9 Å². The van der Waals surface area contributed by atoms with Gasteiger partial charge in [0.05, 0.1) is 5.69 Å². The topological polar surface area (TPSA) is 62.3 Å². The molecule has 0 atom stereocenters. The number of anilines is 2. The first-order valence-corrected chi connectivity index (χ1v) is 9.85. The summed E-state index contributed by atoms with van der Waals surface area (Å²) in [5.41, 5.74) is 2.75. The van der Waals surface area contributed by atoms with Gasteiger partial charge in [0.15, 0.2) is 5.13 Å². The first-order valence-electron chi connectivity index (χ1n) is 9.03. The number of fused-ring (bicyclic) bond motifs is 1. The molecule has 2 amide bonds. The van der Waals surface area contributed by atoms with E-state index in [1.807, 2.05) is 24.3 Å². The maximum atomic E-state index is 12.7. The second-order valence-corrected chi connectivity index (χ2v) is 7.51. The second-order valence-electron chi connectivity index (χ2n) is 6.45. The van der Waals surface area contributed by atoms with Gasteiger partial charge in [-0.3, -0.25) is 14.5 Å². The number of carbonyl (C=O) groups is 2. The van der Waals surface area contributed by atoms with Gasteiger partial charge in [0, 0.05) is 30.1 Å². The summed E-state index contributed by atoms with van der Waals surface area (Å²) in [6.07, 6.45) is 9.45. The normalized spacial score (nSPS) is 13.2. The van der Waals surface area contributed by atoms with Crippen LogP contribution in [0.5, 0.6) is 0 Å². The number of rotatable bonds is 6. The fourth-order valence-electron chi connectivity index (χ4n) is 2.98. The van der Waals surface area contributed by atoms with Crippen LogP contribution in [0.25, 0.3) is 6.08 Å². The average Bonchev–Trinajstić information content (AvgIpc) is 3.08. The molecule has 1 aromatic carbocycles. The zero-order valence-corrected chi connectivity index (χ0v) is 16.2. The Balaban J connectivity index is 1.73. The van der Waals surface area contributed by atoms with Gasteiger partial charge in [-0.2, -0.15) is 0 Å². The number of aromatic nitrogens is 1. The molecular weight excluding hydrogens is 358 g/mol. The summed E-state index contributed by atoms with van der Waals surface area (Å²) in [6, 6.07) is 7.33. The van der Waals surface area contributed by atoms with E-state index in [9.17, 15) is 9.59 Å². The van der Waals surface area contributed by atoms with Crippen LogP contribution in [-0.4, -0.2) is 23.3 Å². The van der Waals surface area contributed by atoms with E-state index >= 15 is 0 Å². The van der Waals surface area contributed by atoms with Crippen LogP contribution in [0.4, 0.5) is 10.8 Å².